The van der Waals surface area contributed by atoms with Gasteiger partial charge in [-0.25, -0.2) is 4.79 Å². The molecule has 2 amide bonds. The predicted molar refractivity (Wildman–Crippen MR) is 116 cm³/mol. The summed E-state index contributed by atoms with van der Waals surface area (Å²) in [7, 11) is 1.20. The van der Waals surface area contributed by atoms with Gasteiger partial charge in [0.15, 0.2) is 0 Å². The third kappa shape index (κ3) is 3.44. The molecule has 9 heteroatoms. The Balaban J connectivity index is 1.82. The van der Waals surface area contributed by atoms with Crippen LogP contribution in [0.3, 0.4) is 0 Å². The molecule has 0 atom stereocenters. The number of ether oxygens (including phenoxy) is 1. The fourth-order valence-corrected chi connectivity index (χ4v) is 4.45. The lowest BCUT2D eigenvalue weighted by atomic mass is 10.0. The Morgan fingerprint density at radius 3 is 2.58 bits per heavy atom. The van der Waals surface area contributed by atoms with E-state index in [0.717, 1.165) is 22.1 Å². The van der Waals surface area contributed by atoms with E-state index in [1.54, 1.807) is 19.1 Å². The van der Waals surface area contributed by atoms with Crippen molar-refractivity contribution in [3.63, 3.8) is 0 Å². The second-order valence-corrected chi connectivity index (χ2v) is 7.78. The minimum atomic E-state index is -0.721. The van der Waals surface area contributed by atoms with Gasteiger partial charge < -0.3 is 20.2 Å². The van der Waals surface area contributed by atoms with Crippen LogP contribution < -0.4 is 16.6 Å². The zero-order chi connectivity index (χ0) is 22.3. The van der Waals surface area contributed by atoms with Gasteiger partial charge in [0, 0.05) is 5.39 Å². The number of carbonyl (C=O) groups excluding carboxylic acids is 3. The molecular formula is C22H17N3O5S. The van der Waals surface area contributed by atoms with Crippen LogP contribution >= 0.6 is 11.3 Å². The van der Waals surface area contributed by atoms with E-state index >= 15 is 0 Å². The average Bonchev–Trinajstić information content (AvgIpc) is 3.08. The first-order valence-corrected chi connectivity index (χ1v) is 9.96. The number of methoxy groups -OCH3 is 1. The minimum absolute atomic E-state index is 0.0219. The van der Waals surface area contributed by atoms with Gasteiger partial charge in [-0.1, -0.05) is 30.3 Å². The Morgan fingerprint density at radius 2 is 1.87 bits per heavy atom. The highest BCUT2D eigenvalue weighted by Gasteiger charge is 2.26. The number of esters is 1. The number of primary amides is 1. The Morgan fingerprint density at radius 1 is 1.13 bits per heavy atom. The van der Waals surface area contributed by atoms with Gasteiger partial charge in [-0.2, -0.15) is 0 Å². The van der Waals surface area contributed by atoms with E-state index in [2.05, 4.69) is 5.32 Å². The van der Waals surface area contributed by atoms with Crippen molar-refractivity contribution in [1.82, 2.24) is 0 Å². The van der Waals surface area contributed by atoms with Gasteiger partial charge >= 0.3 is 5.97 Å². The molecule has 2 heterocycles. The quantitative estimate of drug-likeness (QED) is 0.333. The Kier molecular flexibility index (Phi) is 5.04. The van der Waals surface area contributed by atoms with Crippen molar-refractivity contribution in [2.24, 2.45) is 5.73 Å². The molecule has 4 N–H and O–H groups in total. The topological polar surface area (TPSA) is 135 Å². The van der Waals surface area contributed by atoms with Crippen LogP contribution in [0.15, 0.2) is 46.9 Å². The highest BCUT2D eigenvalue weighted by atomic mass is 32.1. The predicted octanol–water partition coefficient (Wildman–Crippen LogP) is 3.57. The van der Waals surface area contributed by atoms with Crippen LogP contribution in [0.2, 0.25) is 0 Å². The van der Waals surface area contributed by atoms with Crippen molar-refractivity contribution in [2.75, 3.05) is 12.4 Å². The SMILES string of the molecule is COC(=O)c1c(NC(=O)c2cc3c(ccc4ccccc43)oc2=N)sc(C(N)=O)c1C. The molecule has 2 aromatic heterocycles. The second-order valence-electron chi connectivity index (χ2n) is 6.76. The number of amides is 2. The molecule has 4 rings (SSSR count). The summed E-state index contributed by atoms with van der Waals surface area (Å²) in [5.74, 6) is -2.09. The first-order valence-electron chi connectivity index (χ1n) is 9.15. The lowest BCUT2D eigenvalue weighted by Crippen LogP contribution is -2.21. The summed E-state index contributed by atoms with van der Waals surface area (Å²) < 4.78 is 10.3. The first kappa shape index (κ1) is 20.3. The van der Waals surface area contributed by atoms with Gasteiger partial charge in [-0.05, 0) is 35.4 Å². The summed E-state index contributed by atoms with van der Waals surface area (Å²) in [6.07, 6.45) is 0. The Bertz CT molecular complexity index is 1450. The molecule has 0 aliphatic rings. The number of thiophene rings is 1. The number of fused-ring (bicyclic) bond motifs is 3. The van der Waals surface area contributed by atoms with E-state index in [0.29, 0.717) is 16.5 Å². The lowest BCUT2D eigenvalue weighted by molar-refractivity contribution is 0.0601. The van der Waals surface area contributed by atoms with E-state index in [1.165, 1.54) is 7.11 Å². The number of anilines is 1. The molecule has 0 spiro atoms. The van der Waals surface area contributed by atoms with Crippen molar-refractivity contribution in [3.05, 3.63) is 69.6 Å². The van der Waals surface area contributed by atoms with Crippen LogP contribution in [0.1, 0.15) is 36.0 Å². The molecule has 2 aromatic carbocycles. The summed E-state index contributed by atoms with van der Waals surface area (Å²) >= 11 is 0.874. The summed E-state index contributed by atoms with van der Waals surface area (Å²) in [6.45, 7) is 1.55. The molecule has 0 unspecified atom stereocenters. The van der Waals surface area contributed by atoms with Crippen LogP contribution in [0.25, 0.3) is 21.7 Å². The monoisotopic (exact) mass is 435 g/mol. The van der Waals surface area contributed by atoms with Gasteiger partial charge in [0.1, 0.15) is 16.1 Å². The third-order valence-corrected chi connectivity index (χ3v) is 6.13. The summed E-state index contributed by atoms with van der Waals surface area (Å²) in [5, 5.41) is 13.4. The largest absolute Gasteiger partial charge is 0.465 e. The maximum Gasteiger partial charge on any atom is 0.341 e. The number of benzene rings is 2. The number of hydrogen-bond donors (Lipinski definition) is 3. The van der Waals surface area contributed by atoms with Crippen molar-refractivity contribution < 1.29 is 23.5 Å². The first-order chi connectivity index (χ1) is 14.8. The molecule has 0 fully saturated rings. The van der Waals surface area contributed by atoms with Crippen LogP contribution in [0.4, 0.5) is 5.00 Å². The number of rotatable bonds is 4. The van der Waals surface area contributed by atoms with E-state index in [4.69, 9.17) is 20.3 Å². The van der Waals surface area contributed by atoms with Crippen LogP contribution in [-0.2, 0) is 4.74 Å². The zero-order valence-electron chi connectivity index (χ0n) is 16.6. The van der Waals surface area contributed by atoms with Crippen molar-refractivity contribution in [2.45, 2.75) is 6.92 Å². The molecule has 4 aromatic rings. The number of nitrogens with one attached hydrogen (secondary N) is 2. The van der Waals surface area contributed by atoms with Gasteiger partial charge in [-0.3, -0.25) is 15.0 Å². The number of carbonyl (C=O) groups is 3. The fraction of sp³-hybridized carbons (Fsp3) is 0.0909. The van der Waals surface area contributed by atoms with Crippen LogP contribution in [-0.4, -0.2) is 24.9 Å². The highest BCUT2D eigenvalue weighted by Crippen LogP contribution is 2.34. The minimum Gasteiger partial charge on any atom is -0.465 e. The van der Waals surface area contributed by atoms with E-state index < -0.39 is 17.8 Å². The van der Waals surface area contributed by atoms with E-state index in [1.807, 2.05) is 30.3 Å². The summed E-state index contributed by atoms with van der Waals surface area (Å²) in [5.41, 5.74) is 5.86. The van der Waals surface area contributed by atoms with Gasteiger partial charge in [0.25, 0.3) is 11.8 Å². The van der Waals surface area contributed by atoms with Crippen LogP contribution in [0.5, 0.6) is 0 Å². The zero-order valence-corrected chi connectivity index (χ0v) is 17.4. The van der Waals surface area contributed by atoms with Crippen LogP contribution in [0, 0.1) is 12.3 Å². The molecule has 0 aliphatic carbocycles. The van der Waals surface area contributed by atoms with Gasteiger partial charge in [-0.15, -0.1) is 11.3 Å². The highest BCUT2D eigenvalue weighted by molar-refractivity contribution is 7.18. The molecular weight excluding hydrogens is 418 g/mol. The smallest absolute Gasteiger partial charge is 0.341 e. The van der Waals surface area contributed by atoms with Gasteiger partial charge in [0.2, 0.25) is 5.55 Å². The third-order valence-electron chi connectivity index (χ3n) is 4.91. The van der Waals surface area contributed by atoms with E-state index in [-0.39, 0.29) is 26.6 Å². The van der Waals surface area contributed by atoms with Gasteiger partial charge in [0.05, 0.1) is 17.6 Å². The molecule has 0 saturated carbocycles. The molecule has 0 radical (unpaired) electrons. The summed E-state index contributed by atoms with van der Waals surface area (Å²) in [4.78, 5) is 37.1. The number of hydrogen-bond acceptors (Lipinski definition) is 7. The van der Waals surface area contributed by atoms with Crippen molar-refractivity contribution >= 4 is 55.9 Å². The maximum absolute atomic E-state index is 13.0. The summed E-state index contributed by atoms with van der Waals surface area (Å²) in [6, 6.07) is 12.8. The molecule has 0 bridgehead atoms. The molecule has 156 valence electrons. The lowest BCUT2D eigenvalue weighted by Gasteiger charge is -2.08. The van der Waals surface area contributed by atoms with Crippen molar-refractivity contribution in [3.8, 4) is 0 Å². The molecule has 0 aliphatic heterocycles. The van der Waals surface area contributed by atoms with E-state index in [9.17, 15) is 14.4 Å². The average molecular weight is 435 g/mol. The molecule has 0 saturated heterocycles. The number of nitrogens with two attached hydrogens (primary N) is 1. The molecule has 31 heavy (non-hydrogen) atoms. The molecule has 8 nitrogen and oxygen atoms in total. The Labute approximate surface area is 179 Å². The maximum atomic E-state index is 13.0. The van der Waals surface area contributed by atoms with Crippen molar-refractivity contribution in [1.29, 1.82) is 5.41 Å². The standard InChI is InChI=1S/C22H17N3O5S/c1-10-16(22(28)29-2)21(31-17(10)18(23)26)25-20(27)14-9-13-12-6-4-3-5-11(12)7-8-15(13)30-19(14)24/h3-9,24H,1-2H3,(H2,23,26)(H,25,27). The fourth-order valence-electron chi connectivity index (χ4n) is 3.41. The normalized spacial score (nSPS) is 10.9. The second kappa shape index (κ2) is 7.69. The Hall–Kier alpha value is -3.98.